The molecule has 206 valence electrons. The minimum absolute atomic E-state index is 0.0587. The Bertz CT molecular complexity index is 1620. The molecule has 40 heavy (non-hydrogen) atoms. The van der Waals surface area contributed by atoms with Gasteiger partial charge in [0.25, 0.3) is 0 Å². The Balaban J connectivity index is 1.11. The Morgan fingerprint density at radius 2 is 1.57 bits per heavy atom. The summed E-state index contributed by atoms with van der Waals surface area (Å²) in [6, 6.07) is 21.0. The highest BCUT2D eigenvalue weighted by Crippen LogP contribution is 2.30. The first-order chi connectivity index (χ1) is 19.4. The Kier molecular flexibility index (Phi) is 7.25. The zero-order valence-corrected chi connectivity index (χ0v) is 23.4. The van der Waals surface area contributed by atoms with Crippen molar-refractivity contribution in [3.8, 4) is 11.1 Å². The predicted octanol–water partition coefficient (Wildman–Crippen LogP) is 4.35. The van der Waals surface area contributed by atoms with Crippen LogP contribution in [-0.4, -0.2) is 72.8 Å². The van der Waals surface area contributed by atoms with Gasteiger partial charge in [-0.3, -0.25) is 14.8 Å². The molecule has 2 fully saturated rings. The Hall–Kier alpha value is -3.82. The lowest BCUT2D eigenvalue weighted by molar-refractivity contribution is -0.137. The van der Waals surface area contributed by atoms with Crippen LogP contribution in [0.5, 0.6) is 0 Å². The Morgan fingerprint density at radius 3 is 2.33 bits per heavy atom. The van der Waals surface area contributed by atoms with E-state index in [4.69, 9.17) is 0 Å². The number of carbonyl (C=O) groups excluding carboxylic acids is 1. The van der Waals surface area contributed by atoms with Crippen LogP contribution in [0.25, 0.3) is 22.0 Å². The topological polar surface area (TPSA) is 86.7 Å². The number of anilines is 1. The van der Waals surface area contributed by atoms with Crippen LogP contribution < -0.4 is 4.90 Å². The normalized spacial score (nSPS) is 18.7. The van der Waals surface area contributed by atoms with Crippen molar-refractivity contribution in [3.63, 3.8) is 0 Å². The van der Waals surface area contributed by atoms with E-state index in [9.17, 15) is 13.2 Å². The van der Waals surface area contributed by atoms with Gasteiger partial charge in [-0.1, -0.05) is 30.3 Å². The summed E-state index contributed by atoms with van der Waals surface area (Å²) in [6.45, 7) is 5.37. The number of rotatable bonds is 5. The van der Waals surface area contributed by atoms with E-state index in [1.54, 1.807) is 24.5 Å². The van der Waals surface area contributed by atoms with Crippen molar-refractivity contribution in [1.29, 1.82) is 0 Å². The minimum atomic E-state index is -3.69. The molecule has 9 heteroatoms. The molecule has 0 saturated carbocycles. The lowest BCUT2D eigenvalue weighted by atomic mass is 9.97. The summed E-state index contributed by atoms with van der Waals surface area (Å²) in [5, 5.41) is 1.12. The van der Waals surface area contributed by atoms with Gasteiger partial charge < -0.3 is 9.80 Å². The van der Waals surface area contributed by atoms with Gasteiger partial charge in [0.05, 0.1) is 16.3 Å². The summed E-state index contributed by atoms with van der Waals surface area (Å²) in [4.78, 5) is 26.7. The molecule has 1 atom stereocenters. The summed E-state index contributed by atoms with van der Waals surface area (Å²) in [7, 11) is -3.69. The molecule has 6 rings (SSSR count). The molecular weight excluding hydrogens is 522 g/mol. The van der Waals surface area contributed by atoms with E-state index in [1.165, 1.54) is 4.31 Å². The fraction of sp³-hybridized carbons (Fsp3) is 0.323. The van der Waals surface area contributed by atoms with Crippen molar-refractivity contribution in [2.45, 2.75) is 24.7 Å². The number of sulfonamides is 1. The summed E-state index contributed by atoms with van der Waals surface area (Å²) >= 11 is 0. The smallest absolute Gasteiger partial charge is 0.243 e. The average molecular weight is 556 g/mol. The second-order valence-electron chi connectivity index (χ2n) is 10.6. The molecule has 1 unspecified atom stereocenters. The first-order valence-electron chi connectivity index (χ1n) is 13.8. The number of aromatic nitrogens is 2. The Labute approximate surface area is 235 Å². The van der Waals surface area contributed by atoms with Crippen LogP contribution in [0.4, 0.5) is 5.69 Å². The van der Waals surface area contributed by atoms with Crippen LogP contribution in [0.3, 0.4) is 0 Å². The summed E-state index contributed by atoms with van der Waals surface area (Å²) in [6.07, 6.45) is 4.81. The van der Waals surface area contributed by atoms with Gasteiger partial charge in [-0.15, -0.1) is 0 Å². The number of para-hydroxylation sites is 1. The van der Waals surface area contributed by atoms with Gasteiger partial charge in [0.15, 0.2) is 0 Å². The van der Waals surface area contributed by atoms with Gasteiger partial charge in [0, 0.05) is 68.4 Å². The van der Waals surface area contributed by atoms with E-state index in [0.29, 0.717) is 32.5 Å². The van der Waals surface area contributed by atoms with Gasteiger partial charge in [-0.25, -0.2) is 8.42 Å². The fourth-order valence-electron chi connectivity index (χ4n) is 5.85. The number of piperazine rings is 1. The van der Waals surface area contributed by atoms with Crippen LogP contribution >= 0.6 is 0 Å². The number of amides is 1. The molecule has 2 aromatic heterocycles. The van der Waals surface area contributed by atoms with Gasteiger partial charge >= 0.3 is 0 Å². The molecule has 0 radical (unpaired) electrons. The van der Waals surface area contributed by atoms with Crippen molar-refractivity contribution in [1.82, 2.24) is 19.2 Å². The molecule has 0 N–H and O–H groups in total. The highest BCUT2D eigenvalue weighted by Gasteiger charge is 2.36. The van der Waals surface area contributed by atoms with Gasteiger partial charge in [0.1, 0.15) is 0 Å². The maximum absolute atomic E-state index is 13.5. The van der Waals surface area contributed by atoms with E-state index in [2.05, 4.69) is 27.0 Å². The van der Waals surface area contributed by atoms with Crippen LogP contribution in [0.15, 0.2) is 84.0 Å². The second-order valence-corrected chi connectivity index (χ2v) is 12.5. The van der Waals surface area contributed by atoms with E-state index in [-0.39, 0.29) is 23.3 Å². The maximum atomic E-state index is 13.5. The van der Waals surface area contributed by atoms with Crippen molar-refractivity contribution in [3.05, 3.63) is 84.8 Å². The monoisotopic (exact) mass is 555 g/mol. The van der Waals surface area contributed by atoms with Gasteiger partial charge in [-0.2, -0.15) is 4.31 Å². The van der Waals surface area contributed by atoms with Crippen LogP contribution in [0.2, 0.25) is 0 Å². The van der Waals surface area contributed by atoms with Crippen molar-refractivity contribution < 1.29 is 13.2 Å². The van der Waals surface area contributed by atoms with E-state index >= 15 is 0 Å². The number of carbonyl (C=O) groups is 1. The molecular formula is C31H33N5O3S. The summed E-state index contributed by atoms with van der Waals surface area (Å²) < 4.78 is 28.5. The zero-order chi connectivity index (χ0) is 27.7. The third kappa shape index (κ3) is 5.19. The van der Waals surface area contributed by atoms with E-state index in [1.807, 2.05) is 54.3 Å². The van der Waals surface area contributed by atoms with Crippen molar-refractivity contribution >= 4 is 32.5 Å². The minimum Gasteiger partial charge on any atom is -0.367 e. The molecule has 2 aliphatic heterocycles. The first kappa shape index (κ1) is 26.4. The number of pyridine rings is 2. The van der Waals surface area contributed by atoms with Gasteiger partial charge in [-0.05, 0) is 67.3 Å². The molecule has 4 aromatic rings. The number of nitrogens with zero attached hydrogens (tertiary/aromatic N) is 5. The van der Waals surface area contributed by atoms with Crippen LogP contribution in [0.1, 0.15) is 18.5 Å². The molecule has 2 aromatic carbocycles. The molecule has 1 amide bonds. The molecule has 8 nitrogen and oxygen atoms in total. The molecule has 0 bridgehead atoms. The number of piperidine rings is 1. The SMILES string of the molecule is Cc1cc(N2CCN(C(=O)C3CCCN(S(=O)(=O)c4ccc(-c5ccncc5)cc4)C3)CC2)c2ccccc2n1. The Morgan fingerprint density at radius 1 is 0.875 bits per heavy atom. The molecule has 4 heterocycles. The number of fused-ring (bicyclic) bond motifs is 1. The maximum Gasteiger partial charge on any atom is 0.243 e. The number of benzene rings is 2. The van der Waals surface area contributed by atoms with Crippen molar-refractivity contribution in [2.24, 2.45) is 5.92 Å². The fourth-order valence-corrected chi connectivity index (χ4v) is 7.37. The third-order valence-corrected chi connectivity index (χ3v) is 9.87. The predicted molar refractivity (Wildman–Crippen MR) is 156 cm³/mol. The third-order valence-electron chi connectivity index (χ3n) is 7.99. The van der Waals surface area contributed by atoms with Crippen LogP contribution in [-0.2, 0) is 14.8 Å². The highest BCUT2D eigenvalue weighted by molar-refractivity contribution is 7.89. The number of hydrogen-bond acceptors (Lipinski definition) is 6. The lowest BCUT2D eigenvalue weighted by Crippen LogP contribution is -2.53. The zero-order valence-electron chi connectivity index (χ0n) is 22.6. The van der Waals surface area contributed by atoms with E-state index < -0.39 is 10.0 Å². The average Bonchev–Trinajstić information content (AvgIpc) is 3.01. The molecule has 0 spiro atoms. The second kappa shape index (κ2) is 11.0. The van der Waals surface area contributed by atoms with E-state index in [0.717, 1.165) is 46.5 Å². The first-order valence-corrected chi connectivity index (χ1v) is 15.2. The molecule has 0 aliphatic carbocycles. The summed E-state index contributed by atoms with van der Waals surface area (Å²) in [5.41, 5.74) is 5.02. The largest absolute Gasteiger partial charge is 0.367 e. The number of aryl methyl sites for hydroxylation is 1. The van der Waals surface area contributed by atoms with Crippen LogP contribution in [0, 0.1) is 12.8 Å². The summed E-state index contributed by atoms with van der Waals surface area (Å²) in [5.74, 6) is -0.265. The van der Waals surface area contributed by atoms with Crippen molar-refractivity contribution in [2.75, 3.05) is 44.2 Å². The quantitative estimate of drug-likeness (QED) is 0.364. The standard InChI is InChI=1S/C31H33N5O3S/c1-23-21-30(28-6-2-3-7-29(28)33-23)34-17-19-35(20-18-34)31(37)26-5-4-16-36(22-26)40(38,39)27-10-8-24(9-11-27)25-12-14-32-15-13-25/h2-3,6-15,21,26H,4-5,16-20,22H2,1H3. The number of hydrogen-bond donors (Lipinski definition) is 0. The molecule has 2 aliphatic rings. The lowest BCUT2D eigenvalue weighted by Gasteiger charge is -2.39. The highest BCUT2D eigenvalue weighted by atomic mass is 32.2. The molecule has 2 saturated heterocycles. The van der Waals surface area contributed by atoms with Gasteiger partial charge in [0.2, 0.25) is 15.9 Å².